The Morgan fingerprint density at radius 1 is 1.26 bits per heavy atom. The molecule has 0 amide bonds. The molecule has 6 atom stereocenters. The molecule has 2 aromatic rings. The average molecular weight is 507 g/mol. The number of aliphatic hydroxyl groups is 1. The van der Waals surface area contributed by atoms with Gasteiger partial charge in [0.2, 0.25) is 0 Å². The van der Waals surface area contributed by atoms with Gasteiger partial charge in [-0.2, -0.15) is 4.91 Å². The van der Waals surface area contributed by atoms with Crippen LogP contribution < -0.4 is 14.8 Å². The third-order valence-corrected chi connectivity index (χ3v) is 8.26. The fraction of sp³-hybridized carbons (Fsp3) is 0.480. The van der Waals surface area contributed by atoms with Gasteiger partial charge in [-0.1, -0.05) is 35.8 Å². The Hall–Kier alpha value is -2.75. The lowest BCUT2D eigenvalue weighted by Crippen LogP contribution is -2.53. The number of hydrogen-bond acceptors (Lipinski definition) is 8. The molecule has 4 rings (SSSR count). The zero-order valence-corrected chi connectivity index (χ0v) is 20.6. The number of nitroso groups, excluding NO2 is 1. The molecule has 0 aromatic heterocycles. The number of aliphatic hydroxyl groups excluding tert-OH is 1. The number of phenols is 1. The number of carbonyl (C=O) groups excluding carboxylic acids is 1. The maximum Gasteiger partial charge on any atom is 0.179 e. The summed E-state index contributed by atoms with van der Waals surface area (Å²) in [5.41, 5.74) is -1.55. The highest BCUT2D eigenvalue weighted by Gasteiger charge is 2.77. The highest BCUT2D eigenvalue weighted by molar-refractivity contribution is 6.34. The molecule has 0 spiro atoms. The van der Waals surface area contributed by atoms with Crippen LogP contribution in [0, 0.1) is 27.5 Å². The number of rotatable bonds is 8. The summed E-state index contributed by atoms with van der Waals surface area (Å²) in [6, 6.07) is 5.75. The van der Waals surface area contributed by atoms with Crippen LogP contribution in [0.5, 0.6) is 17.2 Å². The second-order valence-corrected chi connectivity index (χ2v) is 9.95. The highest BCUT2D eigenvalue weighted by Crippen LogP contribution is 2.74. The maximum atomic E-state index is 14.1. The number of fused-ring (bicyclic) bond motifs is 1. The van der Waals surface area contributed by atoms with Crippen molar-refractivity contribution in [3.63, 3.8) is 0 Å². The minimum Gasteiger partial charge on any atom is -0.505 e. The van der Waals surface area contributed by atoms with E-state index in [4.69, 9.17) is 21.1 Å². The van der Waals surface area contributed by atoms with Crippen LogP contribution in [0.4, 0.5) is 4.39 Å². The predicted molar refractivity (Wildman–Crippen MR) is 128 cm³/mol. The van der Waals surface area contributed by atoms with Crippen LogP contribution in [0.15, 0.2) is 35.5 Å². The van der Waals surface area contributed by atoms with E-state index >= 15 is 0 Å². The van der Waals surface area contributed by atoms with Crippen LogP contribution in [-0.4, -0.2) is 49.4 Å². The van der Waals surface area contributed by atoms with E-state index in [2.05, 4.69) is 10.5 Å². The van der Waals surface area contributed by atoms with E-state index in [1.54, 1.807) is 19.2 Å². The zero-order valence-electron chi connectivity index (χ0n) is 19.8. The van der Waals surface area contributed by atoms with Crippen molar-refractivity contribution >= 4 is 17.4 Å². The number of nitrogens with zero attached hydrogens (tertiary/aromatic N) is 1. The summed E-state index contributed by atoms with van der Waals surface area (Å²) in [5, 5.41) is 28.9. The number of nitrogens with one attached hydrogen (secondary N) is 1. The van der Waals surface area contributed by atoms with Crippen molar-refractivity contribution in [1.82, 2.24) is 5.32 Å². The third kappa shape index (κ3) is 3.68. The minimum absolute atomic E-state index is 0.0560. The van der Waals surface area contributed by atoms with E-state index in [9.17, 15) is 24.3 Å². The van der Waals surface area contributed by atoms with E-state index in [0.29, 0.717) is 5.56 Å². The lowest BCUT2D eigenvalue weighted by molar-refractivity contribution is -0.0273. The molecule has 0 saturated heterocycles. The van der Waals surface area contributed by atoms with Gasteiger partial charge in [-0.05, 0) is 43.0 Å². The number of ketones is 1. The standard InChI is InChI=1S/C25H28ClFN2O6/c1-24-10-14(29-33)17(20(28-2)12-5-7-13(27)8-6-12)22(31)25(24,11-24)23(32)18-15(34-3)9-16(35-4)19(26)21(18)30/h5-9,14,17,20,22,28,30-31H,10-11H2,1-4H3/t14?,17?,20?,22?,24-,25-/m1/s1. The summed E-state index contributed by atoms with van der Waals surface area (Å²) in [7, 11) is 4.38. The smallest absolute Gasteiger partial charge is 0.179 e. The minimum atomic E-state index is -1.31. The zero-order chi connectivity index (χ0) is 25.7. The second kappa shape index (κ2) is 9.04. The van der Waals surface area contributed by atoms with Crippen LogP contribution in [0.3, 0.4) is 0 Å². The molecule has 2 saturated carbocycles. The van der Waals surface area contributed by atoms with Gasteiger partial charge in [-0.3, -0.25) is 4.79 Å². The first kappa shape index (κ1) is 25.3. The van der Waals surface area contributed by atoms with Crippen LogP contribution in [-0.2, 0) is 0 Å². The number of benzene rings is 2. The summed E-state index contributed by atoms with van der Waals surface area (Å²) in [6.45, 7) is 1.82. The second-order valence-electron chi connectivity index (χ2n) is 9.57. The molecule has 8 nitrogen and oxygen atoms in total. The average Bonchev–Trinajstić information content (AvgIpc) is 3.50. The fourth-order valence-electron chi connectivity index (χ4n) is 6.03. The number of ether oxygens (including phenoxy) is 2. The third-order valence-electron chi connectivity index (χ3n) is 7.90. The van der Waals surface area contributed by atoms with Gasteiger partial charge in [0.1, 0.15) is 27.9 Å². The first-order chi connectivity index (χ1) is 16.6. The van der Waals surface area contributed by atoms with E-state index in [0.717, 1.165) is 0 Å². The molecule has 188 valence electrons. The highest BCUT2D eigenvalue weighted by atomic mass is 35.5. The van der Waals surface area contributed by atoms with Gasteiger partial charge in [0.05, 0.1) is 31.8 Å². The van der Waals surface area contributed by atoms with E-state index < -0.39 is 52.3 Å². The number of halogens is 2. The number of phenolic OH excluding ortho intramolecular Hbond substituents is 1. The quantitative estimate of drug-likeness (QED) is 0.361. The topological polar surface area (TPSA) is 117 Å². The van der Waals surface area contributed by atoms with Gasteiger partial charge < -0.3 is 25.0 Å². The SMILES string of the molecule is CNC(c1ccc(F)cc1)C1C(N=O)C[C@]2(C)C[C@]2(C(=O)c2c(OC)cc(OC)c(Cl)c2O)C1O. The molecule has 2 aromatic carbocycles. The Morgan fingerprint density at radius 3 is 2.43 bits per heavy atom. The normalized spacial score (nSPS) is 30.2. The van der Waals surface area contributed by atoms with Crippen molar-refractivity contribution < 1.29 is 28.9 Å². The summed E-state index contributed by atoms with van der Waals surface area (Å²) in [5.74, 6) is -2.05. The van der Waals surface area contributed by atoms with Gasteiger partial charge in [-0.15, -0.1) is 0 Å². The van der Waals surface area contributed by atoms with E-state index in [-0.39, 0.29) is 34.9 Å². The Bertz CT molecular complexity index is 1160. The van der Waals surface area contributed by atoms with Crippen LogP contribution >= 0.6 is 11.6 Å². The van der Waals surface area contributed by atoms with Crippen molar-refractivity contribution in [2.45, 2.75) is 38.0 Å². The van der Waals surface area contributed by atoms with Gasteiger partial charge in [0, 0.05) is 18.0 Å². The van der Waals surface area contributed by atoms with E-state index in [1.165, 1.54) is 32.4 Å². The van der Waals surface area contributed by atoms with Crippen LogP contribution in [0.25, 0.3) is 0 Å². The van der Waals surface area contributed by atoms with Crippen molar-refractivity contribution in [2.75, 3.05) is 21.3 Å². The number of aromatic hydroxyl groups is 1. The molecule has 3 N–H and O–H groups in total. The molecular weight excluding hydrogens is 479 g/mol. The van der Waals surface area contributed by atoms with E-state index in [1.807, 2.05) is 6.92 Å². The first-order valence-electron chi connectivity index (χ1n) is 11.2. The predicted octanol–water partition coefficient (Wildman–Crippen LogP) is 4.26. The number of Topliss-reactive ketones (excluding diaryl/α,β-unsaturated/α-hetero) is 1. The van der Waals surface area contributed by atoms with Crippen molar-refractivity contribution in [3.8, 4) is 17.2 Å². The van der Waals surface area contributed by atoms with Crippen molar-refractivity contribution in [3.05, 3.63) is 57.2 Å². The van der Waals surface area contributed by atoms with Crippen LogP contribution in [0.1, 0.15) is 41.7 Å². The van der Waals surface area contributed by atoms with Crippen molar-refractivity contribution in [1.29, 1.82) is 0 Å². The fourth-order valence-corrected chi connectivity index (χ4v) is 6.25. The van der Waals surface area contributed by atoms with Gasteiger partial charge >= 0.3 is 0 Å². The molecular formula is C25H28ClFN2O6. The van der Waals surface area contributed by atoms with Crippen LogP contribution in [0.2, 0.25) is 5.02 Å². The largest absolute Gasteiger partial charge is 0.505 e. The molecule has 0 aliphatic heterocycles. The summed E-state index contributed by atoms with van der Waals surface area (Å²) in [4.78, 5) is 26.0. The van der Waals surface area contributed by atoms with Gasteiger partial charge in [0.25, 0.3) is 0 Å². The molecule has 0 bridgehead atoms. The lowest BCUT2D eigenvalue weighted by Gasteiger charge is -2.44. The van der Waals surface area contributed by atoms with Gasteiger partial charge in [0.15, 0.2) is 11.5 Å². The summed E-state index contributed by atoms with van der Waals surface area (Å²) in [6.07, 6.45) is -0.755. The molecule has 35 heavy (non-hydrogen) atoms. The molecule has 2 fully saturated rings. The Kier molecular flexibility index (Phi) is 6.54. The molecule has 2 aliphatic rings. The number of carbonyl (C=O) groups is 1. The molecule has 10 heteroatoms. The monoisotopic (exact) mass is 506 g/mol. The molecule has 0 radical (unpaired) electrons. The Labute approximate surface area is 207 Å². The number of methoxy groups -OCH3 is 2. The maximum absolute atomic E-state index is 14.1. The summed E-state index contributed by atoms with van der Waals surface area (Å²) < 4.78 is 24.1. The molecule has 0 heterocycles. The Balaban J connectivity index is 1.82. The van der Waals surface area contributed by atoms with Gasteiger partial charge in [-0.25, -0.2) is 4.39 Å². The molecule has 2 aliphatic carbocycles. The van der Waals surface area contributed by atoms with Crippen molar-refractivity contribution in [2.24, 2.45) is 21.9 Å². The number of hydrogen-bond donors (Lipinski definition) is 3. The molecule has 4 unspecified atom stereocenters. The Morgan fingerprint density at radius 2 is 1.89 bits per heavy atom. The first-order valence-corrected chi connectivity index (χ1v) is 11.6. The summed E-state index contributed by atoms with van der Waals surface area (Å²) >= 11 is 6.24. The lowest BCUT2D eigenvalue weighted by atomic mass is 9.64.